The molecule has 10 heteroatoms. The van der Waals surface area contributed by atoms with Gasteiger partial charge in [0.2, 0.25) is 0 Å². The summed E-state index contributed by atoms with van der Waals surface area (Å²) in [5.41, 5.74) is 2.08. The molecule has 0 bridgehead atoms. The molecule has 1 aliphatic heterocycles. The van der Waals surface area contributed by atoms with Gasteiger partial charge in [0, 0.05) is 30.1 Å². The number of pyridine rings is 1. The van der Waals surface area contributed by atoms with E-state index in [0.29, 0.717) is 61.5 Å². The number of halogens is 1. The molecule has 36 heavy (non-hydrogen) atoms. The van der Waals surface area contributed by atoms with E-state index in [1.807, 2.05) is 16.8 Å². The van der Waals surface area contributed by atoms with Crippen LogP contribution < -0.4 is 15.0 Å². The summed E-state index contributed by atoms with van der Waals surface area (Å²) in [5, 5.41) is 13.4. The Morgan fingerprint density at radius 3 is 2.53 bits per heavy atom. The van der Waals surface area contributed by atoms with E-state index in [4.69, 9.17) is 9.47 Å². The van der Waals surface area contributed by atoms with Crippen LogP contribution in [0.1, 0.15) is 48.7 Å². The van der Waals surface area contributed by atoms with Gasteiger partial charge in [-0.05, 0) is 53.1 Å². The number of rotatable bonds is 7. The maximum absolute atomic E-state index is 13.5. The quantitative estimate of drug-likeness (QED) is 0.421. The van der Waals surface area contributed by atoms with Crippen molar-refractivity contribution in [3.63, 3.8) is 0 Å². The number of benzene rings is 2. The highest BCUT2D eigenvalue weighted by atomic mass is 19.1. The molecule has 0 saturated heterocycles. The lowest BCUT2D eigenvalue weighted by atomic mass is 10.1. The number of H-pyrrole nitrogens is 1. The number of tetrazole rings is 1. The molecule has 2 aromatic heterocycles. The average Bonchev–Trinajstić information content (AvgIpc) is 3.57. The molecular weight excluding hydrogens is 463 g/mol. The molecule has 9 nitrogen and oxygen atoms in total. The number of hydrogen-bond donors (Lipinski definition) is 1. The lowest BCUT2D eigenvalue weighted by Crippen LogP contribution is -2.28. The Hall–Kier alpha value is -3.79. The third kappa shape index (κ3) is 4.68. The van der Waals surface area contributed by atoms with Crippen LogP contribution in [0.3, 0.4) is 0 Å². The molecule has 4 aromatic rings. The SMILES string of the molecule is O=c1[nH]c2cc3c(cc2cc1CN(Cc1ccc(F)cc1)Cc1nnnn1C1CCCC1)OCCO3. The van der Waals surface area contributed by atoms with E-state index in [0.717, 1.165) is 29.6 Å². The first-order valence-corrected chi connectivity index (χ1v) is 12.3. The number of hydrogen-bond acceptors (Lipinski definition) is 7. The smallest absolute Gasteiger partial charge is 0.252 e. The molecule has 186 valence electrons. The van der Waals surface area contributed by atoms with Crippen molar-refractivity contribution in [3.8, 4) is 11.5 Å². The van der Waals surface area contributed by atoms with Crippen molar-refractivity contribution in [2.75, 3.05) is 13.2 Å². The van der Waals surface area contributed by atoms with Crippen LogP contribution >= 0.6 is 0 Å². The van der Waals surface area contributed by atoms with Gasteiger partial charge in [0.05, 0.1) is 18.1 Å². The number of aromatic nitrogens is 5. The van der Waals surface area contributed by atoms with E-state index < -0.39 is 0 Å². The average molecular weight is 491 g/mol. The number of ether oxygens (including phenoxy) is 2. The molecule has 2 aromatic carbocycles. The molecule has 0 radical (unpaired) electrons. The van der Waals surface area contributed by atoms with Crippen molar-refractivity contribution < 1.29 is 13.9 Å². The summed E-state index contributed by atoms with van der Waals surface area (Å²) in [4.78, 5) is 18.2. The molecule has 6 rings (SSSR count). The van der Waals surface area contributed by atoms with Crippen LogP contribution in [-0.2, 0) is 19.6 Å². The fourth-order valence-electron chi connectivity index (χ4n) is 5.11. The van der Waals surface area contributed by atoms with Gasteiger partial charge in [0.1, 0.15) is 19.0 Å². The van der Waals surface area contributed by atoms with Gasteiger partial charge in [0.25, 0.3) is 5.56 Å². The molecule has 0 spiro atoms. The second-order valence-electron chi connectivity index (χ2n) is 9.46. The predicted molar refractivity (Wildman–Crippen MR) is 130 cm³/mol. The monoisotopic (exact) mass is 490 g/mol. The summed E-state index contributed by atoms with van der Waals surface area (Å²) >= 11 is 0. The summed E-state index contributed by atoms with van der Waals surface area (Å²) in [6.45, 7) is 2.32. The Balaban J connectivity index is 1.32. The largest absolute Gasteiger partial charge is 0.486 e. The fourth-order valence-corrected chi connectivity index (χ4v) is 5.11. The van der Waals surface area contributed by atoms with Crippen LogP contribution in [0.15, 0.2) is 47.3 Å². The van der Waals surface area contributed by atoms with Crippen LogP contribution in [0.5, 0.6) is 11.5 Å². The first kappa shape index (κ1) is 22.7. The van der Waals surface area contributed by atoms with E-state index in [2.05, 4.69) is 25.4 Å². The van der Waals surface area contributed by atoms with Crippen LogP contribution in [-0.4, -0.2) is 43.3 Å². The zero-order chi connectivity index (χ0) is 24.5. The van der Waals surface area contributed by atoms with Gasteiger partial charge in [-0.15, -0.1) is 5.10 Å². The van der Waals surface area contributed by atoms with Crippen LogP contribution in [0.4, 0.5) is 4.39 Å². The van der Waals surface area contributed by atoms with E-state index in [9.17, 15) is 9.18 Å². The molecule has 0 amide bonds. The second kappa shape index (κ2) is 9.69. The Morgan fingerprint density at radius 2 is 1.75 bits per heavy atom. The molecule has 1 saturated carbocycles. The number of nitrogens with zero attached hydrogens (tertiary/aromatic N) is 5. The standard InChI is InChI=1S/C26H27FN6O3/c27-20-7-5-17(6-8-20)14-32(16-25-29-30-31-33(25)21-3-1-2-4-21)15-19-11-18-12-23-24(36-10-9-35-23)13-22(18)28-26(19)34/h5-8,11-13,21H,1-4,9-10,14-16H2,(H,28,34). The molecule has 0 atom stereocenters. The van der Waals surface area contributed by atoms with E-state index in [1.54, 1.807) is 18.2 Å². The highest BCUT2D eigenvalue weighted by Crippen LogP contribution is 2.34. The molecule has 3 heterocycles. The van der Waals surface area contributed by atoms with Gasteiger partial charge in [-0.25, -0.2) is 9.07 Å². The Kier molecular flexibility index (Phi) is 6.10. The Morgan fingerprint density at radius 1 is 1.00 bits per heavy atom. The topological polar surface area (TPSA) is 98.2 Å². The minimum absolute atomic E-state index is 0.168. The van der Waals surface area contributed by atoms with Crippen molar-refractivity contribution in [2.24, 2.45) is 0 Å². The van der Waals surface area contributed by atoms with E-state index >= 15 is 0 Å². The van der Waals surface area contributed by atoms with Crippen molar-refractivity contribution in [1.29, 1.82) is 0 Å². The zero-order valence-electron chi connectivity index (χ0n) is 19.8. The highest BCUT2D eigenvalue weighted by Gasteiger charge is 2.23. The normalized spacial score (nSPS) is 15.7. The molecule has 1 fully saturated rings. The molecule has 0 unspecified atom stereocenters. The lowest BCUT2D eigenvalue weighted by molar-refractivity contribution is 0.172. The van der Waals surface area contributed by atoms with Gasteiger partial charge in [-0.1, -0.05) is 25.0 Å². The predicted octanol–water partition coefficient (Wildman–Crippen LogP) is 3.74. The number of aromatic amines is 1. The Bertz CT molecular complexity index is 1430. The van der Waals surface area contributed by atoms with Gasteiger partial charge < -0.3 is 14.5 Å². The van der Waals surface area contributed by atoms with Gasteiger partial charge in [-0.3, -0.25) is 9.69 Å². The Labute approximate surface area is 206 Å². The van der Waals surface area contributed by atoms with Crippen LogP contribution in [0, 0.1) is 5.82 Å². The van der Waals surface area contributed by atoms with Crippen molar-refractivity contribution in [3.05, 3.63) is 75.6 Å². The molecule has 1 aliphatic carbocycles. The summed E-state index contributed by atoms with van der Waals surface area (Å²) in [6.07, 6.45) is 4.48. The zero-order valence-corrected chi connectivity index (χ0v) is 19.8. The molecule has 2 aliphatic rings. The second-order valence-corrected chi connectivity index (χ2v) is 9.46. The minimum Gasteiger partial charge on any atom is -0.486 e. The van der Waals surface area contributed by atoms with Crippen LogP contribution in [0.2, 0.25) is 0 Å². The number of nitrogens with one attached hydrogen (secondary N) is 1. The summed E-state index contributed by atoms with van der Waals surface area (Å²) in [5.74, 6) is 1.79. The third-order valence-corrected chi connectivity index (χ3v) is 6.89. The van der Waals surface area contributed by atoms with Crippen molar-refractivity contribution in [2.45, 2.75) is 51.4 Å². The van der Waals surface area contributed by atoms with E-state index in [-0.39, 0.29) is 11.4 Å². The maximum Gasteiger partial charge on any atom is 0.252 e. The first-order valence-electron chi connectivity index (χ1n) is 12.3. The van der Waals surface area contributed by atoms with Gasteiger partial charge >= 0.3 is 0 Å². The lowest BCUT2D eigenvalue weighted by Gasteiger charge is -2.23. The summed E-state index contributed by atoms with van der Waals surface area (Å²) in [6, 6.07) is 12.3. The van der Waals surface area contributed by atoms with Crippen LogP contribution in [0.25, 0.3) is 10.9 Å². The number of fused-ring (bicyclic) bond motifs is 2. The third-order valence-electron chi connectivity index (χ3n) is 6.89. The van der Waals surface area contributed by atoms with Gasteiger partial charge in [0.15, 0.2) is 17.3 Å². The van der Waals surface area contributed by atoms with Crippen molar-refractivity contribution in [1.82, 2.24) is 30.1 Å². The maximum atomic E-state index is 13.5. The summed E-state index contributed by atoms with van der Waals surface area (Å²) in [7, 11) is 0. The van der Waals surface area contributed by atoms with E-state index in [1.165, 1.54) is 25.0 Å². The van der Waals surface area contributed by atoms with Crippen molar-refractivity contribution >= 4 is 10.9 Å². The highest BCUT2D eigenvalue weighted by molar-refractivity contribution is 5.83. The fraction of sp³-hybridized carbons (Fsp3) is 0.385. The van der Waals surface area contributed by atoms with Gasteiger partial charge in [-0.2, -0.15) is 0 Å². The molecule has 1 N–H and O–H groups in total. The summed E-state index contributed by atoms with van der Waals surface area (Å²) < 4.78 is 26.8. The minimum atomic E-state index is -0.281. The molecular formula is C26H27FN6O3. The first-order chi connectivity index (χ1) is 17.6.